The van der Waals surface area contributed by atoms with Gasteiger partial charge in [-0.15, -0.1) is 0 Å². The summed E-state index contributed by atoms with van der Waals surface area (Å²) in [7, 11) is 0. The number of primary amides is 1. The first kappa shape index (κ1) is 18.4. The van der Waals surface area contributed by atoms with Gasteiger partial charge >= 0.3 is 0 Å². The first-order valence-corrected chi connectivity index (χ1v) is 9.48. The maximum atomic E-state index is 12.9. The minimum Gasteiger partial charge on any atom is -0.508 e. The van der Waals surface area contributed by atoms with E-state index in [0.717, 1.165) is 27.7 Å². The normalized spacial score (nSPS) is 16.2. The minimum atomic E-state index is -0.500. The monoisotopic (exact) mass is 397 g/mol. The third-order valence-electron chi connectivity index (χ3n) is 5.18. The van der Waals surface area contributed by atoms with Crippen LogP contribution >= 0.6 is 11.6 Å². The number of carbonyl (C=O) groups is 2. The van der Waals surface area contributed by atoms with Crippen LogP contribution < -0.4 is 5.73 Å². The number of halogens is 1. The number of benzene rings is 2. The Morgan fingerprint density at radius 1 is 1.21 bits per heavy atom. The van der Waals surface area contributed by atoms with Crippen LogP contribution in [0.3, 0.4) is 0 Å². The van der Waals surface area contributed by atoms with Gasteiger partial charge in [-0.3, -0.25) is 9.59 Å². The standard InChI is InChI=1S/C21H20ClN3O3/c22-13-4-5-17-16(11-13)15-8-9-25(19(28)7-6-18(23)27)21(20(15)24-17)12-2-1-3-14(26)10-12/h1-5,10-11,21,24,26H,6-9H2,(H2,23,27). The molecule has 4 N–H and O–H groups in total. The molecule has 7 heteroatoms. The molecule has 0 fully saturated rings. The van der Waals surface area contributed by atoms with Crippen LogP contribution in [0.4, 0.5) is 0 Å². The third-order valence-corrected chi connectivity index (χ3v) is 5.42. The van der Waals surface area contributed by atoms with Crippen molar-refractivity contribution in [2.75, 3.05) is 6.54 Å². The Hall–Kier alpha value is -2.99. The van der Waals surface area contributed by atoms with Crippen molar-refractivity contribution in [2.24, 2.45) is 5.73 Å². The summed E-state index contributed by atoms with van der Waals surface area (Å²) in [5.74, 6) is -0.511. The lowest BCUT2D eigenvalue weighted by atomic mass is 9.92. The van der Waals surface area contributed by atoms with E-state index in [0.29, 0.717) is 18.0 Å². The Bertz CT molecular complexity index is 1080. The lowest BCUT2D eigenvalue weighted by Crippen LogP contribution is -2.40. The van der Waals surface area contributed by atoms with Gasteiger partial charge in [-0.25, -0.2) is 0 Å². The number of amides is 2. The zero-order valence-corrected chi connectivity index (χ0v) is 15.9. The van der Waals surface area contributed by atoms with Crippen LogP contribution in [0.25, 0.3) is 10.9 Å². The molecular formula is C21H20ClN3O3. The van der Waals surface area contributed by atoms with Crippen LogP contribution in [-0.2, 0) is 16.0 Å². The van der Waals surface area contributed by atoms with Crippen molar-refractivity contribution in [1.82, 2.24) is 9.88 Å². The van der Waals surface area contributed by atoms with Crippen LogP contribution in [0.2, 0.25) is 5.02 Å². The molecule has 1 atom stereocenters. The second-order valence-electron chi connectivity index (χ2n) is 7.01. The fourth-order valence-corrected chi connectivity index (χ4v) is 4.12. The van der Waals surface area contributed by atoms with Gasteiger partial charge in [0.15, 0.2) is 0 Å². The molecule has 144 valence electrons. The number of phenols is 1. The number of fused-ring (bicyclic) bond motifs is 3. The molecule has 6 nitrogen and oxygen atoms in total. The molecule has 4 rings (SSSR count). The maximum absolute atomic E-state index is 12.9. The van der Waals surface area contributed by atoms with Crippen LogP contribution in [-0.4, -0.2) is 33.3 Å². The van der Waals surface area contributed by atoms with Crippen molar-refractivity contribution in [3.8, 4) is 5.75 Å². The number of nitrogens with zero attached hydrogens (tertiary/aromatic N) is 1. The molecule has 1 aliphatic rings. The number of nitrogens with two attached hydrogens (primary N) is 1. The van der Waals surface area contributed by atoms with Crippen LogP contribution in [0.1, 0.15) is 35.7 Å². The number of H-pyrrole nitrogens is 1. The fourth-order valence-electron chi connectivity index (χ4n) is 3.94. The largest absolute Gasteiger partial charge is 0.508 e. The van der Waals surface area contributed by atoms with E-state index in [9.17, 15) is 14.7 Å². The smallest absolute Gasteiger partial charge is 0.223 e. The first-order chi connectivity index (χ1) is 13.4. The van der Waals surface area contributed by atoms with Gasteiger partial charge < -0.3 is 20.7 Å². The molecule has 1 aromatic heterocycles. The second-order valence-corrected chi connectivity index (χ2v) is 7.44. The van der Waals surface area contributed by atoms with Crippen LogP contribution in [0.15, 0.2) is 42.5 Å². The molecule has 0 bridgehead atoms. The van der Waals surface area contributed by atoms with Gasteiger partial charge in [-0.05, 0) is 47.9 Å². The molecule has 0 saturated heterocycles. The van der Waals surface area contributed by atoms with E-state index < -0.39 is 5.91 Å². The molecule has 1 aliphatic heterocycles. The molecule has 2 heterocycles. The van der Waals surface area contributed by atoms with Crippen molar-refractivity contribution in [2.45, 2.75) is 25.3 Å². The molecule has 2 amide bonds. The summed E-state index contributed by atoms with van der Waals surface area (Å²) in [6.45, 7) is 0.504. The van der Waals surface area contributed by atoms with Gasteiger partial charge in [0.05, 0.1) is 6.04 Å². The fraction of sp³-hybridized carbons (Fsp3) is 0.238. The summed E-state index contributed by atoms with van der Waals surface area (Å²) in [5, 5.41) is 11.7. The van der Waals surface area contributed by atoms with Crippen molar-refractivity contribution in [3.63, 3.8) is 0 Å². The number of hydrogen-bond donors (Lipinski definition) is 3. The number of aromatic hydroxyl groups is 1. The lowest BCUT2D eigenvalue weighted by molar-refractivity contribution is -0.135. The van der Waals surface area contributed by atoms with Crippen molar-refractivity contribution in [1.29, 1.82) is 0 Å². The van der Waals surface area contributed by atoms with E-state index in [2.05, 4.69) is 4.98 Å². The molecular weight excluding hydrogens is 378 g/mol. The van der Waals surface area contributed by atoms with Gasteiger partial charge in [0.2, 0.25) is 11.8 Å². The predicted octanol–water partition coefficient (Wildman–Crippen LogP) is 3.27. The van der Waals surface area contributed by atoms with Crippen molar-refractivity contribution in [3.05, 3.63) is 64.3 Å². The zero-order chi connectivity index (χ0) is 19.8. The number of aromatic nitrogens is 1. The van der Waals surface area contributed by atoms with E-state index >= 15 is 0 Å². The van der Waals surface area contributed by atoms with E-state index in [-0.39, 0.29) is 30.5 Å². The highest BCUT2D eigenvalue weighted by Crippen LogP contribution is 2.40. The quantitative estimate of drug-likeness (QED) is 0.630. The molecule has 0 radical (unpaired) electrons. The summed E-state index contributed by atoms with van der Waals surface area (Å²) in [6.07, 6.45) is 0.747. The highest BCUT2D eigenvalue weighted by atomic mass is 35.5. The Morgan fingerprint density at radius 3 is 2.79 bits per heavy atom. The molecule has 0 saturated carbocycles. The Labute approximate surface area is 166 Å². The summed E-state index contributed by atoms with van der Waals surface area (Å²) in [5.41, 5.74) is 8.98. The predicted molar refractivity (Wildman–Crippen MR) is 107 cm³/mol. The zero-order valence-electron chi connectivity index (χ0n) is 15.1. The summed E-state index contributed by atoms with van der Waals surface area (Å²) in [6, 6.07) is 12.2. The summed E-state index contributed by atoms with van der Waals surface area (Å²) >= 11 is 6.19. The number of nitrogens with one attached hydrogen (secondary N) is 1. The average Bonchev–Trinajstić information content (AvgIpc) is 3.03. The minimum absolute atomic E-state index is 0.0112. The van der Waals surface area contributed by atoms with Crippen molar-refractivity contribution < 1.29 is 14.7 Å². The molecule has 28 heavy (non-hydrogen) atoms. The van der Waals surface area contributed by atoms with Gasteiger partial charge in [0.1, 0.15) is 5.75 Å². The number of rotatable bonds is 4. The van der Waals surface area contributed by atoms with E-state index in [1.165, 1.54) is 0 Å². The molecule has 0 aliphatic carbocycles. The van der Waals surface area contributed by atoms with Gasteiger partial charge in [-0.2, -0.15) is 0 Å². The first-order valence-electron chi connectivity index (χ1n) is 9.10. The lowest BCUT2D eigenvalue weighted by Gasteiger charge is -2.36. The highest BCUT2D eigenvalue weighted by molar-refractivity contribution is 6.31. The second kappa shape index (κ2) is 7.20. The number of hydrogen-bond acceptors (Lipinski definition) is 3. The Balaban J connectivity index is 1.82. The van der Waals surface area contributed by atoms with Gasteiger partial charge in [0, 0.05) is 41.0 Å². The molecule has 1 unspecified atom stereocenters. The van der Waals surface area contributed by atoms with E-state index in [1.54, 1.807) is 23.1 Å². The van der Waals surface area contributed by atoms with Gasteiger partial charge in [-0.1, -0.05) is 23.7 Å². The van der Waals surface area contributed by atoms with Crippen molar-refractivity contribution >= 4 is 34.3 Å². The third kappa shape index (κ3) is 3.31. The number of aromatic amines is 1. The van der Waals surface area contributed by atoms with Crippen LogP contribution in [0, 0.1) is 0 Å². The molecule has 2 aromatic carbocycles. The highest BCUT2D eigenvalue weighted by Gasteiger charge is 2.34. The maximum Gasteiger partial charge on any atom is 0.223 e. The SMILES string of the molecule is NC(=O)CCC(=O)N1CCc2c([nH]c3ccc(Cl)cc23)C1c1cccc(O)c1. The van der Waals surface area contributed by atoms with Gasteiger partial charge in [0.25, 0.3) is 0 Å². The Kier molecular flexibility index (Phi) is 4.73. The average molecular weight is 398 g/mol. The molecule has 3 aromatic rings. The number of phenolic OH excluding ortho intramolecular Hbond substituents is 1. The molecule has 0 spiro atoms. The summed E-state index contributed by atoms with van der Waals surface area (Å²) < 4.78 is 0. The number of carbonyl (C=O) groups excluding carboxylic acids is 2. The Morgan fingerprint density at radius 2 is 2.04 bits per heavy atom. The topological polar surface area (TPSA) is 99.4 Å². The van der Waals surface area contributed by atoms with E-state index in [1.807, 2.05) is 24.3 Å². The van der Waals surface area contributed by atoms with Crippen LogP contribution in [0.5, 0.6) is 5.75 Å². The van der Waals surface area contributed by atoms with E-state index in [4.69, 9.17) is 17.3 Å². The summed E-state index contributed by atoms with van der Waals surface area (Å²) in [4.78, 5) is 29.2.